The average molecular weight is 258 g/mol. The van der Waals surface area contributed by atoms with Crippen LogP contribution >= 0.6 is 0 Å². The average Bonchev–Trinajstić information content (AvgIpc) is 2.86. The lowest BCUT2D eigenvalue weighted by Crippen LogP contribution is -2.29. The molecule has 3 aromatic heterocycles. The van der Waals surface area contributed by atoms with Crippen LogP contribution in [-0.2, 0) is 0 Å². The quantitative estimate of drug-likeness (QED) is 0.537. The van der Waals surface area contributed by atoms with E-state index in [9.17, 15) is 4.39 Å². The summed E-state index contributed by atoms with van der Waals surface area (Å²) in [6.45, 7) is 0. The lowest BCUT2D eigenvalue weighted by Gasteiger charge is -2.15. The Morgan fingerprint density at radius 3 is 2.79 bits per heavy atom. The third-order valence-corrected chi connectivity index (χ3v) is 2.95. The van der Waals surface area contributed by atoms with Gasteiger partial charge >= 0.3 is 0 Å². The first-order valence-electron chi connectivity index (χ1n) is 5.64. The minimum Gasteiger partial charge on any atom is -0.271 e. The van der Waals surface area contributed by atoms with E-state index in [1.54, 1.807) is 35.4 Å². The van der Waals surface area contributed by atoms with Crippen LogP contribution in [0.2, 0.25) is 0 Å². The zero-order chi connectivity index (χ0) is 13.2. The number of aromatic nitrogens is 4. The Labute approximate surface area is 108 Å². The highest BCUT2D eigenvalue weighted by molar-refractivity contribution is 5.55. The van der Waals surface area contributed by atoms with E-state index in [1.165, 1.54) is 6.20 Å². The van der Waals surface area contributed by atoms with Gasteiger partial charge < -0.3 is 0 Å². The van der Waals surface area contributed by atoms with Crippen LogP contribution in [0.25, 0.3) is 5.52 Å². The van der Waals surface area contributed by atoms with Gasteiger partial charge in [-0.05, 0) is 6.07 Å². The summed E-state index contributed by atoms with van der Waals surface area (Å²) < 4.78 is 15.5. The van der Waals surface area contributed by atoms with Crippen LogP contribution in [0.1, 0.15) is 17.2 Å². The van der Waals surface area contributed by atoms with E-state index in [-0.39, 0.29) is 0 Å². The molecular formula is C12H11FN6. The molecule has 0 spiro atoms. The molecule has 19 heavy (non-hydrogen) atoms. The van der Waals surface area contributed by atoms with Crippen molar-refractivity contribution in [1.82, 2.24) is 25.0 Å². The minimum absolute atomic E-state index is 0.413. The molecule has 1 atom stereocenters. The molecule has 1 unspecified atom stereocenters. The van der Waals surface area contributed by atoms with E-state index < -0.39 is 11.9 Å². The van der Waals surface area contributed by atoms with Gasteiger partial charge in [-0.15, -0.1) is 0 Å². The summed E-state index contributed by atoms with van der Waals surface area (Å²) >= 11 is 0. The Bertz CT molecular complexity index is 710. The highest BCUT2D eigenvalue weighted by Gasteiger charge is 2.20. The maximum atomic E-state index is 13.8. The summed E-state index contributed by atoms with van der Waals surface area (Å²) in [6.07, 6.45) is 9.32. The lowest BCUT2D eigenvalue weighted by molar-refractivity contribution is 0.557. The molecule has 0 saturated carbocycles. The van der Waals surface area contributed by atoms with Crippen LogP contribution in [0.3, 0.4) is 0 Å². The highest BCUT2D eigenvalue weighted by atomic mass is 19.1. The number of nitrogens with zero attached hydrogens (tertiary/aromatic N) is 4. The van der Waals surface area contributed by atoms with Crippen LogP contribution in [0.5, 0.6) is 0 Å². The van der Waals surface area contributed by atoms with Gasteiger partial charge in [0.25, 0.3) is 0 Å². The Morgan fingerprint density at radius 1 is 1.16 bits per heavy atom. The molecule has 0 radical (unpaired) electrons. The Kier molecular flexibility index (Phi) is 2.90. The zero-order valence-corrected chi connectivity index (χ0v) is 9.86. The van der Waals surface area contributed by atoms with Crippen molar-refractivity contribution in [3.63, 3.8) is 0 Å². The number of hydrogen-bond acceptors (Lipinski definition) is 5. The number of pyridine rings is 1. The van der Waals surface area contributed by atoms with Crippen molar-refractivity contribution >= 4 is 5.52 Å². The van der Waals surface area contributed by atoms with Gasteiger partial charge in [0.15, 0.2) is 0 Å². The fourth-order valence-corrected chi connectivity index (χ4v) is 2.04. The number of rotatable bonds is 3. The fourth-order valence-electron chi connectivity index (χ4n) is 2.04. The molecule has 0 aliphatic rings. The van der Waals surface area contributed by atoms with E-state index in [4.69, 9.17) is 5.84 Å². The van der Waals surface area contributed by atoms with Gasteiger partial charge in [0.2, 0.25) is 0 Å². The van der Waals surface area contributed by atoms with Crippen LogP contribution in [-0.4, -0.2) is 19.6 Å². The Hall–Kier alpha value is -2.38. The molecule has 96 valence electrons. The molecule has 0 aliphatic heterocycles. The predicted molar refractivity (Wildman–Crippen MR) is 66.3 cm³/mol. The van der Waals surface area contributed by atoms with E-state index in [2.05, 4.69) is 20.5 Å². The summed E-state index contributed by atoms with van der Waals surface area (Å²) in [4.78, 5) is 7.77. The third-order valence-electron chi connectivity index (χ3n) is 2.95. The molecule has 3 aromatic rings. The van der Waals surface area contributed by atoms with Crippen molar-refractivity contribution in [2.24, 2.45) is 5.84 Å². The van der Waals surface area contributed by atoms with Crippen LogP contribution in [0.4, 0.5) is 4.39 Å². The maximum Gasteiger partial charge on any atom is 0.146 e. The number of nitrogens with two attached hydrogens (primary N) is 1. The molecule has 6 nitrogen and oxygen atoms in total. The molecule has 0 bridgehead atoms. The summed E-state index contributed by atoms with van der Waals surface area (Å²) in [5.41, 5.74) is 4.53. The SMILES string of the molecule is NNC(c1ccncc1F)c1cnn2ccncc12. The first-order chi connectivity index (χ1) is 9.31. The highest BCUT2D eigenvalue weighted by Crippen LogP contribution is 2.25. The van der Waals surface area contributed by atoms with E-state index in [0.717, 1.165) is 17.3 Å². The molecule has 3 N–H and O–H groups in total. The first-order valence-corrected chi connectivity index (χ1v) is 5.64. The Balaban J connectivity index is 2.15. The van der Waals surface area contributed by atoms with E-state index >= 15 is 0 Å². The van der Waals surface area contributed by atoms with Gasteiger partial charge in [-0.3, -0.25) is 15.8 Å². The summed E-state index contributed by atoms with van der Waals surface area (Å²) in [7, 11) is 0. The summed E-state index contributed by atoms with van der Waals surface area (Å²) in [5, 5.41) is 4.19. The van der Waals surface area contributed by atoms with Gasteiger partial charge in [0.1, 0.15) is 5.82 Å². The summed E-state index contributed by atoms with van der Waals surface area (Å²) in [5.74, 6) is 5.14. The molecule has 0 amide bonds. The van der Waals surface area contributed by atoms with Crippen LogP contribution < -0.4 is 11.3 Å². The normalized spacial score (nSPS) is 12.7. The molecule has 7 heteroatoms. The number of hydrogen-bond donors (Lipinski definition) is 2. The minimum atomic E-state index is -0.510. The van der Waals surface area contributed by atoms with E-state index in [1.807, 2.05) is 0 Å². The molecule has 0 aromatic carbocycles. The fraction of sp³-hybridized carbons (Fsp3) is 0.0833. The molecular weight excluding hydrogens is 247 g/mol. The van der Waals surface area contributed by atoms with Crippen molar-refractivity contribution < 1.29 is 4.39 Å². The van der Waals surface area contributed by atoms with E-state index in [0.29, 0.717) is 5.56 Å². The first kappa shape index (κ1) is 11.7. The van der Waals surface area contributed by atoms with Crippen molar-refractivity contribution in [3.05, 3.63) is 60.2 Å². The number of nitrogens with one attached hydrogen (secondary N) is 1. The van der Waals surface area contributed by atoms with Gasteiger partial charge in [-0.1, -0.05) is 0 Å². The molecule has 0 fully saturated rings. The second-order valence-electron chi connectivity index (χ2n) is 4.00. The monoisotopic (exact) mass is 258 g/mol. The van der Waals surface area contributed by atoms with Crippen molar-refractivity contribution in [3.8, 4) is 0 Å². The summed E-state index contributed by atoms with van der Waals surface area (Å²) in [6, 6.07) is 1.07. The largest absolute Gasteiger partial charge is 0.271 e. The predicted octanol–water partition coefficient (Wildman–Crippen LogP) is 0.816. The second-order valence-corrected chi connectivity index (χ2v) is 4.00. The molecule has 0 aliphatic carbocycles. The van der Waals surface area contributed by atoms with Crippen molar-refractivity contribution in [2.75, 3.05) is 0 Å². The zero-order valence-electron chi connectivity index (χ0n) is 9.86. The molecule has 3 heterocycles. The van der Waals surface area contributed by atoms with Crippen molar-refractivity contribution in [2.45, 2.75) is 6.04 Å². The van der Waals surface area contributed by atoms with Gasteiger partial charge in [-0.25, -0.2) is 14.3 Å². The lowest BCUT2D eigenvalue weighted by atomic mass is 10.0. The molecule has 0 saturated heterocycles. The van der Waals surface area contributed by atoms with Crippen LogP contribution in [0, 0.1) is 5.82 Å². The van der Waals surface area contributed by atoms with Gasteiger partial charge in [-0.2, -0.15) is 5.10 Å². The number of hydrazine groups is 1. The van der Waals surface area contributed by atoms with Gasteiger partial charge in [0, 0.05) is 29.7 Å². The third kappa shape index (κ3) is 1.94. The van der Waals surface area contributed by atoms with Crippen molar-refractivity contribution in [1.29, 1.82) is 0 Å². The Morgan fingerprint density at radius 2 is 2.00 bits per heavy atom. The van der Waals surface area contributed by atoms with Gasteiger partial charge in [0.05, 0.1) is 30.1 Å². The number of halogens is 1. The van der Waals surface area contributed by atoms with Crippen LogP contribution in [0.15, 0.2) is 43.2 Å². The molecule has 3 rings (SSSR count). The standard InChI is InChI=1S/C12H11FN6/c13-10-6-15-2-1-8(10)12(18-14)9-5-17-19-4-3-16-7-11(9)19/h1-7,12,18H,14H2. The maximum absolute atomic E-state index is 13.8. The number of fused-ring (bicyclic) bond motifs is 1. The second kappa shape index (κ2) is 4.71. The topological polar surface area (TPSA) is 81.1 Å². The smallest absolute Gasteiger partial charge is 0.146 e.